The van der Waals surface area contributed by atoms with E-state index in [0.717, 1.165) is 58.2 Å². The quantitative estimate of drug-likeness (QED) is 0.353. The summed E-state index contributed by atoms with van der Waals surface area (Å²) < 4.78 is 11.0. The molecule has 0 aromatic heterocycles. The largest absolute Gasteiger partial charge is 0.489 e. The molecule has 2 N–H and O–H groups in total. The summed E-state index contributed by atoms with van der Waals surface area (Å²) in [5, 5.41) is 7.79. The highest BCUT2D eigenvalue weighted by atomic mass is 35.5. The van der Waals surface area contributed by atoms with Gasteiger partial charge in [0, 0.05) is 31.7 Å². The Morgan fingerprint density at radius 1 is 1.11 bits per heavy atom. The molecule has 1 aromatic carbocycles. The van der Waals surface area contributed by atoms with Gasteiger partial charge in [-0.2, -0.15) is 0 Å². The molecule has 0 amide bonds. The van der Waals surface area contributed by atoms with E-state index in [-0.39, 0.29) is 0 Å². The second-order valence-electron chi connectivity index (χ2n) is 6.13. The van der Waals surface area contributed by atoms with Crippen molar-refractivity contribution in [3.63, 3.8) is 0 Å². The molecule has 0 bridgehead atoms. The van der Waals surface area contributed by atoms with E-state index in [9.17, 15) is 0 Å². The summed E-state index contributed by atoms with van der Waals surface area (Å²) in [6.07, 6.45) is 2.24. The van der Waals surface area contributed by atoms with Crippen molar-refractivity contribution in [2.45, 2.75) is 12.8 Å². The zero-order valence-electron chi connectivity index (χ0n) is 15.6. The number of hydrogen-bond donors (Lipinski definition) is 2. The molecule has 0 spiro atoms. The van der Waals surface area contributed by atoms with Gasteiger partial charge in [0.25, 0.3) is 0 Å². The summed E-state index contributed by atoms with van der Waals surface area (Å²) in [5.74, 6) is 1.19. The molecule has 0 radical (unpaired) electrons. The molecule has 0 unspecified atom stereocenters. The van der Waals surface area contributed by atoms with Crippen molar-refractivity contribution < 1.29 is 9.47 Å². The number of ether oxygens (including phenoxy) is 2. The molecule has 1 fully saturated rings. The number of benzene rings is 1. The number of rotatable bonds is 9. The zero-order valence-corrected chi connectivity index (χ0v) is 17.8. The summed E-state index contributed by atoms with van der Waals surface area (Å²) in [6.45, 7) is 6.75. The Morgan fingerprint density at radius 3 is 2.44 bits per heavy atom. The lowest BCUT2D eigenvalue weighted by molar-refractivity contribution is 0.0372. The first-order valence-corrected chi connectivity index (χ1v) is 10.3. The molecule has 1 heterocycles. The maximum absolute atomic E-state index is 6.10. The van der Waals surface area contributed by atoms with E-state index in [4.69, 9.17) is 44.3 Å². The second-order valence-corrected chi connectivity index (χ2v) is 7.38. The number of guanidine groups is 1. The molecular weight excluding hydrogens is 411 g/mol. The lowest BCUT2D eigenvalue weighted by Crippen LogP contribution is -2.40. The van der Waals surface area contributed by atoms with Crippen LogP contribution in [0.1, 0.15) is 12.8 Å². The average Bonchev–Trinajstić information content (AvgIpc) is 2.65. The van der Waals surface area contributed by atoms with E-state index in [1.54, 1.807) is 19.2 Å². The van der Waals surface area contributed by atoms with Crippen LogP contribution in [0.2, 0.25) is 15.1 Å². The summed E-state index contributed by atoms with van der Waals surface area (Å²) >= 11 is 18.1. The lowest BCUT2D eigenvalue weighted by atomic mass is 10.3. The third-order valence-electron chi connectivity index (χ3n) is 4.12. The van der Waals surface area contributed by atoms with E-state index in [1.165, 1.54) is 0 Å². The van der Waals surface area contributed by atoms with Crippen LogP contribution in [0, 0.1) is 0 Å². The van der Waals surface area contributed by atoms with Crippen molar-refractivity contribution in [2.24, 2.45) is 4.99 Å². The Balaban J connectivity index is 1.57. The third-order valence-corrected chi connectivity index (χ3v) is 4.90. The van der Waals surface area contributed by atoms with Crippen molar-refractivity contribution in [3.8, 4) is 5.75 Å². The molecule has 1 aliphatic rings. The molecule has 1 aliphatic heterocycles. The van der Waals surface area contributed by atoms with Gasteiger partial charge < -0.3 is 20.1 Å². The van der Waals surface area contributed by atoms with E-state index < -0.39 is 0 Å². The van der Waals surface area contributed by atoms with Gasteiger partial charge in [-0.05, 0) is 31.5 Å². The number of hydrogen-bond acceptors (Lipinski definition) is 4. The summed E-state index contributed by atoms with van der Waals surface area (Å²) in [6, 6.07) is 3.21. The van der Waals surface area contributed by atoms with Crippen molar-refractivity contribution in [3.05, 3.63) is 27.2 Å². The van der Waals surface area contributed by atoms with Crippen LogP contribution in [0.3, 0.4) is 0 Å². The molecule has 0 atom stereocenters. The molecule has 0 saturated carbocycles. The Kier molecular flexibility index (Phi) is 10.4. The fourth-order valence-electron chi connectivity index (χ4n) is 2.70. The van der Waals surface area contributed by atoms with Gasteiger partial charge in [0.05, 0.1) is 29.8 Å². The Hall–Kier alpha value is -0.920. The van der Waals surface area contributed by atoms with Crippen LogP contribution < -0.4 is 15.4 Å². The first kappa shape index (κ1) is 22.4. The lowest BCUT2D eigenvalue weighted by Gasteiger charge is -2.26. The van der Waals surface area contributed by atoms with Crippen molar-refractivity contribution >= 4 is 40.8 Å². The van der Waals surface area contributed by atoms with Gasteiger partial charge in [-0.1, -0.05) is 34.8 Å². The minimum Gasteiger partial charge on any atom is -0.489 e. The number of halogens is 3. The maximum Gasteiger partial charge on any atom is 0.191 e. The van der Waals surface area contributed by atoms with Gasteiger partial charge in [-0.25, -0.2) is 0 Å². The smallest absolute Gasteiger partial charge is 0.191 e. The second kappa shape index (κ2) is 12.5. The molecule has 1 aromatic rings. The van der Waals surface area contributed by atoms with Crippen LogP contribution in [-0.4, -0.2) is 70.5 Å². The van der Waals surface area contributed by atoms with Crippen LogP contribution in [0.4, 0.5) is 0 Å². The van der Waals surface area contributed by atoms with Gasteiger partial charge in [-0.15, -0.1) is 0 Å². The number of aliphatic imine (C=N–C) groups is 1. The summed E-state index contributed by atoms with van der Waals surface area (Å²) in [7, 11) is 1.75. The predicted octanol–water partition coefficient (Wildman–Crippen LogP) is 3.30. The van der Waals surface area contributed by atoms with Crippen molar-refractivity contribution in [2.75, 3.05) is 59.6 Å². The average molecular weight is 438 g/mol. The van der Waals surface area contributed by atoms with Gasteiger partial charge in [0.1, 0.15) is 6.61 Å². The van der Waals surface area contributed by atoms with Gasteiger partial charge in [-0.3, -0.25) is 9.89 Å². The number of nitrogens with zero attached hydrogens (tertiary/aromatic N) is 2. The van der Waals surface area contributed by atoms with Gasteiger partial charge in [0.2, 0.25) is 0 Å². The monoisotopic (exact) mass is 436 g/mol. The van der Waals surface area contributed by atoms with Crippen LogP contribution in [0.5, 0.6) is 5.75 Å². The molecule has 1 saturated heterocycles. The van der Waals surface area contributed by atoms with Crippen LogP contribution in [0.15, 0.2) is 17.1 Å². The minimum absolute atomic E-state index is 0.398. The number of morpholine rings is 1. The third kappa shape index (κ3) is 8.32. The number of unbranched alkanes of at least 4 members (excludes halogenated alkanes) is 1. The Bertz CT molecular complexity index is 587. The molecule has 2 rings (SSSR count). The van der Waals surface area contributed by atoms with E-state index in [2.05, 4.69) is 20.5 Å². The van der Waals surface area contributed by atoms with Gasteiger partial charge in [0.15, 0.2) is 11.7 Å². The zero-order chi connectivity index (χ0) is 19.5. The van der Waals surface area contributed by atoms with Crippen molar-refractivity contribution in [1.29, 1.82) is 0 Å². The Labute approximate surface area is 176 Å². The normalized spacial score (nSPS) is 15.6. The maximum atomic E-state index is 6.10. The highest BCUT2D eigenvalue weighted by molar-refractivity contribution is 6.40. The number of nitrogens with one attached hydrogen (secondary N) is 2. The topological polar surface area (TPSA) is 58.1 Å². The van der Waals surface area contributed by atoms with Crippen LogP contribution in [0.25, 0.3) is 0 Å². The van der Waals surface area contributed by atoms with Crippen LogP contribution in [-0.2, 0) is 4.74 Å². The first-order valence-electron chi connectivity index (χ1n) is 9.12. The molecular formula is C18H27Cl3N4O2. The highest BCUT2D eigenvalue weighted by Gasteiger charge is 2.10. The molecule has 0 aliphatic carbocycles. The molecule has 9 heteroatoms. The van der Waals surface area contributed by atoms with E-state index >= 15 is 0 Å². The fourth-order valence-corrected chi connectivity index (χ4v) is 3.63. The van der Waals surface area contributed by atoms with Gasteiger partial charge >= 0.3 is 0 Å². The summed E-state index contributed by atoms with van der Waals surface area (Å²) in [5.41, 5.74) is 0. The molecule has 6 nitrogen and oxygen atoms in total. The van der Waals surface area contributed by atoms with E-state index in [0.29, 0.717) is 34.0 Å². The van der Waals surface area contributed by atoms with Crippen LogP contribution >= 0.6 is 34.8 Å². The predicted molar refractivity (Wildman–Crippen MR) is 113 cm³/mol. The molecule has 27 heavy (non-hydrogen) atoms. The molecule has 152 valence electrons. The standard InChI is InChI=1S/C18H27Cl3N4O2/c1-22-18(23-4-2-3-6-25-7-10-26-11-8-25)24-5-9-27-17-15(20)12-14(19)13-16(17)21/h12-13H,2-11H2,1H3,(H2,22,23,24). The summed E-state index contributed by atoms with van der Waals surface area (Å²) in [4.78, 5) is 6.65. The first-order chi connectivity index (χ1) is 13.1. The highest BCUT2D eigenvalue weighted by Crippen LogP contribution is 2.35. The SMILES string of the molecule is CN=C(NCCCCN1CCOCC1)NCCOc1c(Cl)cc(Cl)cc1Cl. The van der Waals surface area contributed by atoms with E-state index in [1.807, 2.05) is 0 Å². The fraction of sp³-hybridized carbons (Fsp3) is 0.611. The Morgan fingerprint density at radius 2 is 1.78 bits per heavy atom. The minimum atomic E-state index is 0.398. The van der Waals surface area contributed by atoms with Crippen molar-refractivity contribution in [1.82, 2.24) is 15.5 Å².